The summed E-state index contributed by atoms with van der Waals surface area (Å²) in [5.41, 5.74) is 0. The summed E-state index contributed by atoms with van der Waals surface area (Å²) in [7, 11) is 0. The van der Waals surface area contributed by atoms with Crippen LogP contribution in [-0.4, -0.2) is 25.4 Å². The molecule has 0 atom stereocenters. The number of nitrogens with zero attached hydrogens (tertiary/aromatic N) is 1. The van der Waals surface area contributed by atoms with Gasteiger partial charge in [-0.1, -0.05) is 0 Å². The van der Waals surface area contributed by atoms with Crippen molar-refractivity contribution in [3.05, 3.63) is 10.4 Å². The summed E-state index contributed by atoms with van der Waals surface area (Å²) in [6, 6.07) is 0. The van der Waals surface area contributed by atoms with Gasteiger partial charge in [0.1, 0.15) is 0 Å². The SMILES string of the molecule is Sc1cnc[te]1. The quantitative estimate of drug-likeness (QED) is 0.486. The van der Waals surface area contributed by atoms with Crippen molar-refractivity contribution in [3.63, 3.8) is 0 Å². The summed E-state index contributed by atoms with van der Waals surface area (Å²) >= 11 is 4.05. The molecule has 0 spiro atoms. The van der Waals surface area contributed by atoms with Gasteiger partial charge in [0.2, 0.25) is 0 Å². The Labute approximate surface area is 51.4 Å². The van der Waals surface area contributed by atoms with E-state index in [0.29, 0.717) is 0 Å². The molecule has 6 heavy (non-hydrogen) atoms. The third kappa shape index (κ3) is 1.01. The van der Waals surface area contributed by atoms with Crippen LogP contribution < -0.4 is 0 Å². The van der Waals surface area contributed by atoms with Crippen LogP contribution in [0.4, 0.5) is 0 Å². The first-order valence-corrected chi connectivity index (χ1v) is 4.43. The van der Waals surface area contributed by atoms with Gasteiger partial charge in [-0.05, 0) is 0 Å². The van der Waals surface area contributed by atoms with Gasteiger partial charge in [0, 0.05) is 0 Å². The predicted octanol–water partition coefficient (Wildman–Crippen LogP) is 0.427. The molecule has 0 aromatic carbocycles. The van der Waals surface area contributed by atoms with Gasteiger partial charge in [-0.25, -0.2) is 0 Å². The Hall–Kier alpha value is 0.550. The zero-order chi connectivity index (χ0) is 4.41. The van der Waals surface area contributed by atoms with Gasteiger partial charge in [0.15, 0.2) is 0 Å². The summed E-state index contributed by atoms with van der Waals surface area (Å²) in [6.07, 6.45) is 1.81. The first-order chi connectivity index (χ1) is 2.89. The molecule has 0 radical (unpaired) electrons. The van der Waals surface area contributed by atoms with Crippen LogP contribution in [0.15, 0.2) is 13.3 Å². The van der Waals surface area contributed by atoms with Gasteiger partial charge in [-0.15, -0.1) is 0 Å². The average Bonchev–Trinajstić information content (AvgIpc) is 1.86. The molecule has 1 nitrogen and oxygen atoms in total. The Morgan fingerprint density at radius 2 is 2.67 bits per heavy atom. The molecule has 0 aliphatic rings. The fourth-order valence-corrected chi connectivity index (χ4v) is 1.59. The Morgan fingerprint density at radius 3 is 2.83 bits per heavy atom. The fourth-order valence-electron chi connectivity index (χ4n) is 0.209. The van der Waals surface area contributed by atoms with E-state index in [2.05, 4.69) is 17.6 Å². The maximum absolute atomic E-state index is 4.09. The molecule has 0 saturated heterocycles. The molecule has 1 rings (SSSR count). The van der Waals surface area contributed by atoms with Gasteiger partial charge in [-0.2, -0.15) is 0 Å². The molecular weight excluding hydrogens is 210 g/mol. The molecule has 1 heterocycles. The van der Waals surface area contributed by atoms with Crippen molar-refractivity contribution in [2.24, 2.45) is 0 Å². The van der Waals surface area contributed by atoms with Crippen molar-refractivity contribution in [3.8, 4) is 0 Å². The second kappa shape index (κ2) is 2.02. The molecule has 0 unspecified atom stereocenters. The molecule has 0 aliphatic heterocycles. The first kappa shape index (κ1) is 4.70. The standard InChI is InChI=1S/C3H3NSTe/c5-3-1-4-2-6-3/h1-2,5H. The van der Waals surface area contributed by atoms with E-state index in [4.69, 9.17) is 0 Å². The van der Waals surface area contributed by atoms with Gasteiger partial charge in [-0.3, -0.25) is 0 Å². The normalized spacial score (nSPS) is 8.83. The molecule has 0 bridgehead atoms. The van der Waals surface area contributed by atoms with Gasteiger partial charge in [0.05, 0.1) is 0 Å². The molecule has 0 saturated carbocycles. The van der Waals surface area contributed by atoms with Gasteiger partial charge >= 0.3 is 51.4 Å². The van der Waals surface area contributed by atoms with Gasteiger partial charge in [0.25, 0.3) is 0 Å². The number of hydrogen-bond acceptors (Lipinski definition) is 2. The predicted molar refractivity (Wildman–Crippen MR) is 28.4 cm³/mol. The molecule has 0 aliphatic carbocycles. The van der Waals surface area contributed by atoms with Crippen LogP contribution >= 0.6 is 12.6 Å². The Morgan fingerprint density at radius 1 is 1.83 bits per heavy atom. The average molecular weight is 213 g/mol. The molecule has 1 aromatic heterocycles. The zero-order valence-electron chi connectivity index (χ0n) is 2.96. The van der Waals surface area contributed by atoms with Crippen molar-refractivity contribution < 1.29 is 0 Å². The van der Waals surface area contributed by atoms with Crippen molar-refractivity contribution in [1.29, 1.82) is 0 Å². The minimum atomic E-state index is -0.0336. The van der Waals surface area contributed by atoms with Gasteiger partial charge < -0.3 is 0 Å². The summed E-state index contributed by atoms with van der Waals surface area (Å²) in [6.45, 7) is 0. The molecule has 1 aromatic rings. The first-order valence-electron chi connectivity index (χ1n) is 1.47. The van der Waals surface area contributed by atoms with Crippen molar-refractivity contribution in [2.45, 2.75) is 2.91 Å². The maximum atomic E-state index is 4.09. The molecule has 3 heteroatoms. The van der Waals surface area contributed by atoms with Crippen LogP contribution in [0.5, 0.6) is 0 Å². The van der Waals surface area contributed by atoms with E-state index >= 15 is 0 Å². The van der Waals surface area contributed by atoms with Crippen LogP contribution in [0, 0.1) is 0 Å². The number of thiol groups is 1. The summed E-state index contributed by atoms with van der Waals surface area (Å²) in [5.74, 6) is 0. The summed E-state index contributed by atoms with van der Waals surface area (Å²) in [5, 5.41) is 0. The molecule has 0 amide bonds. The van der Waals surface area contributed by atoms with E-state index in [1.165, 1.54) is 2.91 Å². The fraction of sp³-hybridized carbons (Fsp3) is 0. The molecule has 0 N–H and O–H groups in total. The number of rotatable bonds is 0. The third-order valence-electron chi connectivity index (χ3n) is 0.419. The van der Waals surface area contributed by atoms with E-state index in [9.17, 15) is 0 Å². The summed E-state index contributed by atoms with van der Waals surface area (Å²) < 4.78 is 3.15. The Balaban J connectivity index is 3.05. The monoisotopic (exact) mass is 215 g/mol. The van der Waals surface area contributed by atoms with Crippen LogP contribution in [0.2, 0.25) is 0 Å². The molecule has 32 valence electrons. The number of aromatic nitrogens is 1. The van der Waals surface area contributed by atoms with E-state index in [0.717, 1.165) is 0 Å². The second-order valence-corrected chi connectivity index (χ2v) is 4.79. The molecule has 0 fully saturated rings. The van der Waals surface area contributed by atoms with E-state index in [1.807, 2.05) is 10.4 Å². The van der Waals surface area contributed by atoms with E-state index < -0.39 is 0 Å². The Kier molecular flexibility index (Phi) is 1.58. The van der Waals surface area contributed by atoms with E-state index in [-0.39, 0.29) is 20.4 Å². The van der Waals surface area contributed by atoms with Crippen LogP contribution in [0.1, 0.15) is 0 Å². The zero-order valence-corrected chi connectivity index (χ0v) is 6.18. The second-order valence-electron chi connectivity index (χ2n) is 0.840. The third-order valence-corrected chi connectivity index (χ3v) is 2.88. The Bertz CT molecular complexity index is 114. The van der Waals surface area contributed by atoms with Crippen molar-refractivity contribution >= 4 is 33.1 Å². The van der Waals surface area contributed by atoms with Crippen LogP contribution in [0.25, 0.3) is 0 Å². The van der Waals surface area contributed by atoms with Crippen molar-refractivity contribution in [2.75, 3.05) is 0 Å². The topological polar surface area (TPSA) is 12.9 Å². The van der Waals surface area contributed by atoms with Crippen LogP contribution in [0.3, 0.4) is 0 Å². The molecular formula is C3H3NSTe. The number of hydrogen-bond donors (Lipinski definition) is 1. The van der Waals surface area contributed by atoms with E-state index in [1.54, 1.807) is 0 Å². The minimum absolute atomic E-state index is 0.0336. The van der Waals surface area contributed by atoms with Crippen LogP contribution in [-0.2, 0) is 0 Å². The van der Waals surface area contributed by atoms with Crippen molar-refractivity contribution in [1.82, 2.24) is 4.98 Å². The summed E-state index contributed by atoms with van der Waals surface area (Å²) in [4.78, 5) is 3.86.